The van der Waals surface area contributed by atoms with Gasteiger partial charge < -0.3 is 10.1 Å². The molecule has 2 aromatic heterocycles. The quantitative estimate of drug-likeness (QED) is 0.399. The van der Waals surface area contributed by atoms with Crippen LogP contribution < -0.4 is 10.0 Å². The van der Waals surface area contributed by atoms with Crippen LogP contribution in [0.2, 0.25) is 0 Å². The van der Waals surface area contributed by atoms with E-state index in [2.05, 4.69) is 25.2 Å². The lowest BCUT2D eigenvalue weighted by Gasteiger charge is -2.18. The van der Waals surface area contributed by atoms with Crippen LogP contribution in [0.3, 0.4) is 0 Å². The molecule has 0 amide bonds. The van der Waals surface area contributed by atoms with Crippen molar-refractivity contribution < 1.29 is 22.3 Å². The molecule has 0 spiro atoms. The zero-order valence-electron chi connectivity index (χ0n) is 20.3. The summed E-state index contributed by atoms with van der Waals surface area (Å²) >= 11 is 1.09. The number of esters is 1. The maximum Gasteiger partial charge on any atom is 0.369 e. The van der Waals surface area contributed by atoms with Gasteiger partial charge in [-0.15, -0.1) is 10.2 Å². The minimum absolute atomic E-state index is 0.151. The lowest BCUT2D eigenvalue weighted by atomic mass is 10.0. The van der Waals surface area contributed by atoms with Gasteiger partial charge in [-0.3, -0.25) is 4.98 Å². The molecule has 0 aliphatic heterocycles. The first-order valence-electron chi connectivity index (χ1n) is 11.9. The van der Waals surface area contributed by atoms with E-state index < -0.39 is 21.7 Å². The largest absolute Gasteiger partial charge is 0.461 e. The molecule has 3 aromatic rings. The third-order valence-corrected chi connectivity index (χ3v) is 8.62. The zero-order valence-corrected chi connectivity index (χ0v) is 21.9. The summed E-state index contributed by atoms with van der Waals surface area (Å²) in [5, 5.41) is 13.2. The molecule has 0 unspecified atom stereocenters. The molecule has 0 bridgehead atoms. The van der Waals surface area contributed by atoms with Crippen molar-refractivity contribution in [3.05, 3.63) is 40.2 Å². The Labute approximate surface area is 212 Å². The van der Waals surface area contributed by atoms with E-state index in [0.29, 0.717) is 34.8 Å². The molecular weight excluding hydrogens is 505 g/mol. The van der Waals surface area contributed by atoms with Gasteiger partial charge in [0, 0.05) is 41.2 Å². The molecule has 1 aromatic carbocycles. The number of nitrogens with zero attached hydrogens (tertiary/aromatic N) is 3. The number of sulfonamides is 1. The maximum atomic E-state index is 14.2. The van der Waals surface area contributed by atoms with Crippen molar-refractivity contribution >= 4 is 43.2 Å². The number of aromatic nitrogens is 3. The zero-order chi connectivity index (χ0) is 25.7. The van der Waals surface area contributed by atoms with Crippen LogP contribution in [0.15, 0.2) is 23.2 Å². The molecule has 2 aliphatic rings. The minimum Gasteiger partial charge on any atom is -0.461 e. The topological polar surface area (TPSA) is 123 Å². The number of halogens is 1. The van der Waals surface area contributed by atoms with Gasteiger partial charge in [0.15, 0.2) is 0 Å². The van der Waals surface area contributed by atoms with Crippen LogP contribution in [0.4, 0.5) is 9.52 Å². The fraction of sp³-hybridized carbons (Fsp3) is 0.500. The summed E-state index contributed by atoms with van der Waals surface area (Å²) in [6.45, 7) is 4.31. The Morgan fingerprint density at radius 1 is 1.25 bits per heavy atom. The van der Waals surface area contributed by atoms with Gasteiger partial charge in [-0.1, -0.05) is 11.3 Å². The Kier molecular flexibility index (Phi) is 6.46. The molecule has 9 nitrogen and oxygen atoms in total. The Hall–Kier alpha value is -2.70. The summed E-state index contributed by atoms with van der Waals surface area (Å²) in [4.78, 5) is 16.7. The van der Waals surface area contributed by atoms with Crippen LogP contribution in [0, 0.1) is 0 Å². The van der Waals surface area contributed by atoms with Gasteiger partial charge in [-0.05, 0) is 69.7 Å². The fourth-order valence-corrected chi connectivity index (χ4v) is 6.85. The monoisotopic (exact) mass is 533 g/mol. The van der Waals surface area contributed by atoms with Gasteiger partial charge >= 0.3 is 5.97 Å². The van der Waals surface area contributed by atoms with E-state index in [1.807, 2.05) is 12.1 Å². The molecule has 5 rings (SSSR count). The van der Waals surface area contributed by atoms with Crippen molar-refractivity contribution in [2.75, 3.05) is 18.5 Å². The number of alkyl halides is 1. The number of rotatable bonds is 9. The number of ether oxygens (including phenoxy) is 1. The highest BCUT2D eigenvalue weighted by Crippen LogP contribution is 2.42. The van der Waals surface area contributed by atoms with Gasteiger partial charge in [0.05, 0.1) is 11.5 Å². The van der Waals surface area contributed by atoms with Crippen molar-refractivity contribution in [1.29, 1.82) is 0 Å². The lowest BCUT2D eigenvalue weighted by Crippen LogP contribution is -2.36. The molecule has 2 N–H and O–H groups in total. The molecule has 1 fully saturated rings. The average molecular weight is 534 g/mol. The lowest BCUT2D eigenvalue weighted by molar-refractivity contribution is 0.0525. The Morgan fingerprint density at radius 2 is 2.03 bits per heavy atom. The third-order valence-electron chi connectivity index (χ3n) is 6.26. The second-order valence-electron chi connectivity index (χ2n) is 9.87. The Bertz CT molecular complexity index is 1430. The summed E-state index contributed by atoms with van der Waals surface area (Å²) in [6, 6.07) is 3.71. The molecule has 2 aliphatic carbocycles. The SMILES string of the molecule is CCOC(=O)c1nnc(N[C@@H]2Cc3cc4cnc(C5CC5)cc4c(S(=O)(=O)NCC(C)(C)F)c3C2)s1. The van der Waals surface area contributed by atoms with Gasteiger partial charge in [0.1, 0.15) is 5.67 Å². The minimum atomic E-state index is -4.01. The number of hydrogen-bond donors (Lipinski definition) is 2. The highest BCUT2D eigenvalue weighted by molar-refractivity contribution is 7.89. The van der Waals surface area contributed by atoms with E-state index in [4.69, 9.17) is 4.74 Å². The van der Waals surface area contributed by atoms with Gasteiger partial charge in [0.25, 0.3) is 0 Å². The predicted molar refractivity (Wildman–Crippen MR) is 135 cm³/mol. The molecule has 2 heterocycles. The second kappa shape index (κ2) is 9.31. The fourth-order valence-electron chi connectivity index (χ4n) is 4.45. The van der Waals surface area contributed by atoms with Crippen LogP contribution in [-0.4, -0.2) is 54.4 Å². The van der Waals surface area contributed by atoms with E-state index in [1.54, 1.807) is 13.1 Å². The smallest absolute Gasteiger partial charge is 0.369 e. The second-order valence-corrected chi connectivity index (χ2v) is 12.6. The molecule has 192 valence electrons. The standard InChI is InChI=1S/C24H28FN5O4S2/c1-4-34-22(31)21-29-30-23(35-21)28-16-8-14-7-15-11-26-19(13-5-6-13)10-18(15)20(17(14)9-16)36(32,33)27-12-24(2,3)25/h7,10-11,13,16,27H,4-6,8-9,12H2,1-3H3,(H,28,30)/t16-/m1/s1. The molecule has 0 saturated heterocycles. The van der Waals surface area contributed by atoms with Crippen molar-refractivity contribution in [2.45, 2.75) is 69.0 Å². The van der Waals surface area contributed by atoms with Crippen molar-refractivity contribution in [3.63, 3.8) is 0 Å². The maximum absolute atomic E-state index is 14.2. The first kappa shape index (κ1) is 25.0. The van der Waals surface area contributed by atoms with Crippen molar-refractivity contribution in [1.82, 2.24) is 19.9 Å². The van der Waals surface area contributed by atoms with Crippen LogP contribution in [-0.2, 0) is 27.6 Å². The molecule has 1 saturated carbocycles. The summed E-state index contributed by atoms with van der Waals surface area (Å²) < 4.78 is 48.8. The Balaban J connectivity index is 1.49. The van der Waals surface area contributed by atoms with Crippen LogP contribution in [0.25, 0.3) is 10.8 Å². The molecular formula is C24H28FN5O4S2. The van der Waals surface area contributed by atoms with Gasteiger partial charge in [0.2, 0.25) is 20.2 Å². The predicted octanol–water partition coefficient (Wildman–Crippen LogP) is 3.75. The third kappa shape index (κ3) is 5.21. The summed E-state index contributed by atoms with van der Waals surface area (Å²) in [5.41, 5.74) is 0.779. The number of fused-ring (bicyclic) bond motifs is 2. The molecule has 12 heteroatoms. The first-order chi connectivity index (χ1) is 17.0. The number of pyridine rings is 1. The number of nitrogens with one attached hydrogen (secondary N) is 2. The normalized spacial score (nSPS) is 17.8. The molecule has 1 atom stereocenters. The Morgan fingerprint density at radius 3 is 2.72 bits per heavy atom. The van der Waals surface area contributed by atoms with Gasteiger partial charge in [-0.25, -0.2) is 22.3 Å². The van der Waals surface area contributed by atoms with Crippen LogP contribution >= 0.6 is 11.3 Å². The number of carbonyl (C=O) groups is 1. The van der Waals surface area contributed by atoms with Crippen molar-refractivity contribution in [2.24, 2.45) is 0 Å². The van der Waals surface area contributed by atoms with Crippen molar-refractivity contribution in [3.8, 4) is 0 Å². The van der Waals surface area contributed by atoms with Gasteiger partial charge in [-0.2, -0.15) is 0 Å². The summed E-state index contributed by atoms with van der Waals surface area (Å²) in [6.07, 6.45) is 4.80. The number of anilines is 1. The molecule has 0 radical (unpaired) electrons. The highest BCUT2D eigenvalue weighted by Gasteiger charge is 2.34. The first-order valence-corrected chi connectivity index (χ1v) is 14.2. The van der Waals surface area contributed by atoms with Crippen LogP contribution in [0.1, 0.15) is 66.2 Å². The number of carbonyl (C=O) groups excluding carboxylic acids is 1. The van der Waals surface area contributed by atoms with E-state index in [9.17, 15) is 17.6 Å². The van der Waals surface area contributed by atoms with E-state index in [0.717, 1.165) is 40.8 Å². The molecule has 36 heavy (non-hydrogen) atoms. The van der Waals surface area contributed by atoms with E-state index in [-0.39, 0.29) is 29.1 Å². The average Bonchev–Trinajstić information content (AvgIpc) is 3.43. The number of benzene rings is 1. The summed E-state index contributed by atoms with van der Waals surface area (Å²) in [7, 11) is -4.01. The van der Waals surface area contributed by atoms with Crippen LogP contribution in [0.5, 0.6) is 0 Å². The highest BCUT2D eigenvalue weighted by atomic mass is 32.2. The number of hydrogen-bond acceptors (Lipinski definition) is 9. The van der Waals surface area contributed by atoms with E-state index >= 15 is 0 Å². The van der Waals surface area contributed by atoms with E-state index in [1.165, 1.54) is 13.8 Å². The summed E-state index contributed by atoms with van der Waals surface area (Å²) in [5.74, 6) is -0.172.